The molecule has 3 heteroatoms. The van der Waals surface area contributed by atoms with Gasteiger partial charge in [-0.15, -0.1) is 0 Å². The Balaban J connectivity index is 1.91. The Hall–Kier alpha value is -0.120. The summed E-state index contributed by atoms with van der Waals surface area (Å²) in [6.45, 7) is 7.38. The molecule has 0 bridgehead atoms. The molecule has 0 radical (unpaired) electrons. The van der Waals surface area contributed by atoms with Gasteiger partial charge in [-0.05, 0) is 51.0 Å². The molecule has 2 aliphatic carbocycles. The van der Waals surface area contributed by atoms with Crippen LogP contribution >= 0.6 is 0 Å². The third-order valence-corrected chi connectivity index (χ3v) is 4.71. The van der Waals surface area contributed by atoms with E-state index in [2.05, 4.69) is 24.2 Å². The fourth-order valence-corrected chi connectivity index (χ4v) is 3.87. The Bertz CT molecular complexity index is 278. The van der Waals surface area contributed by atoms with Gasteiger partial charge < -0.3 is 15.3 Å². The normalized spacial score (nSPS) is 33.6. The van der Waals surface area contributed by atoms with Gasteiger partial charge in [-0.2, -0.15) is 0 Å². The first kappa shape index (κ1) is 15.3. The molecule has 2 saturated carbocycles. The fraction of sp³-hybridized carbons (Fsp3) is 1.00. The molecule has 0 spiro atoms. The zero-order valence-electron chi connectivity index (χ0n) is 13.0. The first-order valence-electron chi connectivity index (χ1n) is 8.09. The Morgan fingerprint density at radius 1 is 1.37 bits per heavy atom. The molecule has 2 rings (SSSR count). The van der Waals surface area contributed by atoms with E-state index in [0.717, 1.165) is 25.0 Å². The van der Waals surface area contributed by atoms with Gasteiger partial charge in [0.25, 0.3) is 0 Å². The number of nitrogens with zero attached hydrogens (tertiary/aromatic N) is 1. The zero-order chi connectivity index (χ0) is 13.9. The summed E-state index contributed by atoms with van der Waals surface area (Å²) in [6, 6.07) is 0.802. The summed E-state index contributed by atoms with van der Waals surface area (Å²) < 4.78 is 0. The molecular formula is C16H32N2O. The number of hydrogen-bond donors (Lipinski definition) is 2. The highest BCUT2D eigenvalue weighted by Gasteiger charge is 2.37. The minimum Gasteiger partial charge on any atom is -0.392 e. The average molecular weight is 268 g/mol. The maximum atomic E-state index is 9.56. The molecule has 0 aromatic carbocycles. The van der Waals surface area contributed by atoms with Crippen molar-refractivity contribution in [3.05, 3.63) is 0 Å². The summed E-state index contributed by atoms with van der Waals surface area (Å²) in [6.07, 6.45) is 7.98. The molecule has 0 amide bonds. The van der Waals surface area contributed by atoms with Crippen LogP contribution < -0.4 is 5.32 Å². The molecule has 19 heavy (non-hydrogen) atoms. The van der Waals surface area contributed by atoms with Crippen LogP contribution in [0.1, 0.15) is 52.4 Å². The summed E-state index contributed by atoms with van der Waals surface area (Å²) in [7, 11) is 2.16. The third kappa shape index (κ3) is 5.05. The van der Waals surface area contributed by atoms with Crippen molar-refractivity contribution in [3.8, 4) is 0 Å². The second-order valence-corrected chi connectivity index (χ2v) is 7.40. The van der Waals surface area contributed by atoms with Crippen molar-refractivity contribution in [2.45, 2.75) is 64.5 Å². The van der Waals surface area contributed by atoms with Crippen molar-refractivity contribution in [3.63, 3.8) is 0 Å². The molecule has 2 aliphatic rings. The minimum absolute atomic E-state index is 0.223. The molecule has 0 heterocycles. The van der Waals surface area contributed by atoms with Crippen LogP contribution in [0.3, 0.4) is 0 Å². The number of likely N-dealkylation sites (N-methyl/N-ethyl adjacent to an activating group) is 1. The molecule has 0 aromatic rings. The highest BCUT2D eigenvalue weighted by molar-refractivity contribution is 4.92. The molecular weight excluding hydrogens is 236 g/mol. The topological polar surface area (TPSA) is 35.5 Å². The van der Waals surface area contributed by atoms with Crippen LogP contribution in [0.2, 0.25) is 0 Å². The summed E-state index contributed by atoms with van der Waals surface area (Å²) in [5.41, 5.74) is 0.434. The summed E-state index contributed by atoms with van der Waals surface area (Å²) in [4.78, 5) is 2.33. The van der Waals surface area contributed by atoms with E-state index in [9.17, 15) is 5.11 Å². The smallest absolute Gasteiger partial charge is 0.0638 e. The lowest BCUT2D eigenvalue weighted by Crippen LogP contribution is -2.47. The first-order chi connectivity index (χ1) is 8.99. The van der Waals surface area contributed by atoms with Gasteiger partial charge in [0.05, 0.1) is 6.10 Å². The van der Waals surface area contributed by atoms with Gasteiger partial charge in [0.1, 0.15) is 0 Å². The van der Waals surface area contributed by atoms with Crippen molar-refractivity contribution in [2.24, 2.45) is 11.3 Å². The molecule has 2 N–H and O–H groups in total. The lowest BCUT2D eigenvalue weighted by molar-refractivity contribution is 0.0663. The Morgan fingerprint density at radius 3 is 2.68 bits per heavy atom. The number of nitrogens with one attached hydrogen (secondary N) is 1. The average Bonchev–Trinajstić information content (AvgIpc) is 3.08. The van der Waals surface area contributed by atoms with Crippen LogP contribution in [-0.2, 0) is 0 Å². The molecule has 2 fully saturated rings. The monoisotopic (exact) mass is 268 g/mol. The lowest BCUT2D eigenvalue weighted by Gasteiger charge is -2.43. The Morgan fingerprint density at radius 2 is 2.11 bits per heavy atom. The van der Waals surface area contributed by atoms with E-state index in [1.54, 1.807) is 0 Å². The van der Waals surface area contributed by atoms with Crippen molar-refractivity contribution < 1.29 is 5.11 Å². The highest BCUT2D eigenvalue weighted by Crippen LogP contribution is 2.40. The molecule has 0 saturated heterocycles. The van der Waals surface area contributed by atoms with Gasteiger partial charge in [0.15, 0.2) is 0 Å². The van der Waals surface area contributed by atoms with E-state index in [4.69, 9.17) is 0 Å². The van der Waals surface area contributed by atoms with Crippen molar-refractivity contribution in [1.29, 1.82) is 0 Å². The predicted molar refractivity (Wildman–Crippen MR) is 80.3 cm³/mol. The van der Waals surface area contributed by atoms with Crippen molar-refractivity contribution >= 4 is 0 Å². The van der Waals surface area contributed by atoms with E-state index in [1.807, 2.05) is 6.92 Å². The largest absolute Gasteiger partial charge is 0.392 e. The molecule has 0 aliphatic heterocycles. The van der Waals surface area contributed by atoms with Gasteiger partial charge >= 0.3 is 0 Å². The fourth-order valence-electron chi connectivity index (χ4n) is 3.87. The van der Waals surface area contributed by atoms with E-state index in [0.29, 0.717) is 5.41 Å². The number of aliphatic hydroxyl groups is 1. The maximum absolute atomic E-state index is 9.56. The van der Waals surface area contributed by atoms with E-state index >= 15 is 0 Å². The van der Waals surface area contributed by atoms with Crippen LogP contribution in [0.5, 0.6) is 0 Å². The molecule has 3 unspecified atom stereocenters. The number of hydrogen-bond acceptors (Lipinski definition) is 3. The Kier molecular flexibility index (Phi) is 5.27. The van der Waals surface area contributed by atoms with Crippen LogP contribution in [0.4, 0.5) is 0 Å². The highest BCUT2D eigenvalue weighted by atomic mass is 16.3. The van der Waals surface area contributed by atoms with Crippen LogP contribution in [-0.4, -0.2) is 48.8 Å². The summed E-state index contributed by atoms with van der Waals surface area (Å²) >= 11 is 0. The lowest BCUT2D eigenvalue weighted by atomic mass is 9.69. The standard InChI is InChI=1S/C16H32N2O/c1-13-5-4-8-16(9-13,11-17-15-6-7-15)12-18(3)10-14(2)19/h13-15,17,19H,4-12H2,1-3H3. The summed E-state index contributed by atoms with van der Waals surface area (Å²) in [5, 5.41) is 13.3. The van der Waals surface area contributed by atoms with E-state index in [1.165, 1.54) is 45.1 Å². The molecule has 0 aromatic heterocycles. The molecule has 112 valence electrons. The van der Waals surface area contributed by atoms with Gasteiger partial charge in [0, 0.05) is 25.7 Å². The first-order valence-corrected chi connectivity index (χ1v) is 8.09. The summed E-state index contributed by atoms with van der Waals surface area (Å²) in [5.74, 6) is 0.856. The SMILES string of the molecule is CC(O)CN(C)CC1(CNC2CC2)CCCC(C)C1. The van der Waals surface area contributed by atoms with Crippen LogP contribution in [0, 0.1) is 11.3 Å². The second kappa shape index (κ2) is 6.55. The third-order valence-electron chi connectivity index (χ3n) is 4.71. The molecule has 3 atom stereocenters. The van der Waals surface area contributed by atoms with Gasteiger partial charge in [-0.3, -0.25) is 0 Å². The Labute approximate surface area is 118 Å². The quantitative estimate of drug-likeness (QED) is 0.743. The second-order valence-electron chi connectivity index (χ2n) is 7.40. The van der Waals surface area contributed by atoms with E-state index < -0.39 is 0 Å². The van der Waals surface area contributed by atoms with Gasteiger partial charge in [-0.25, -0.2) is 0 Å². The number of rotatable bonds is 7. The predicted octanol–water partition coefficient (Wildman–Crippen LogP) is 2.25. The van der Waals surface area contributed by atoms with Gasteiger partial charge in [-0.1, -0.05) is 19.8 Å². The van der Waals surface area contributed by atoms with Crippen molar-refractivity contribution in [1.82, 2.24) is 10.2 Å². The molecule has 3 nitrogen and oxygen atoms in total. The van der Waals surface area contributed by atoms with Crippen molar-refractivity contribution in [2.75, 3.05) is 26.7 Å². The van der Waals surface area contributed by atoms with Crippen LogP contribution in [0.15, 0.2) is 0 Å². The van der Waals surface area contributed by atoms with E-state index in [-0.39, 0.29) is 6.10 Å². The number of aliphatic hydroxyl groups excluding tert-OH is 1. The van der Waals surface area contributed by atoms with Crippen LogP contribution in [0.25, 0.3) is 0 Å². The van der Waals surface area contributed by atoms with Gasteiger partial charge in [0.2, 0.25) is 0 Å². The maximum Gasteiger partial charge on any atom is 0.0638 e. The zero-order valence-corrected chi connectivity index (χ0v) is 13.0. The minimum atomic E-state index is -0.223.